The second kappa shape index (κ2) is 7.43. The largest absolute Gasteiger partial charge is 0.482 e. The minimum atomic E-state index is -0.462. The molecule has 0 saturated heterocycles. The molecule has 2 bridgehead atoms. The standard InChI is InChI=1S/C25H25FN6O/c1-14-11-31-13-18-10-29-32(12-16-3-4-16)23(18)17-7-22(24(27)28-9-17)33-15(2)21-8-19(26)5-6-20(21)25(31)30-14/h5-11,15-16H,3-4,12-13H2,1-2H3,(H2,27,28). The lowest BCUT2D eigenvalue weighted by molar-refractivity contribution is 0.227. The fourth-order valence-corrected chi connectivity index (χ4v) is 4.63. The van der Waals surface area contributed by atoms with E-state index in [4.69, 9.17) is 20.6 Å². The number of hydrogen-bond donors (Lipinski definition) is 1. The molecule has 1 aliphatic heterocycles. The van der Waals surface area contributed by atoms with E-state index in [-0.39, 0.29) is 5.82 Å². The summed E-state index contributed by atoms with van der Waals surface area (Å²) in [5, 5.41) is 4.73. The average Bonchev–Trinajstić information content (AvgIpc) is 3.41. The fraction of sp³-hybridized carbons (Fsp3) is 0.320. The third kappa shape index (κ3) is 3.55. The van der Waals surface area contributed by atoms with Gasteiger partial charge in [-0.25, -0.2) is 14.4 Å². The zero-order valence-corrected chi connectivity index (χ0v) is 18.6. The number of aryl methyl sites for hydroxylation is 1. The van der Waals surface area contributed by atoms with Crippen molar-refractivity contribution in [3.8, 4) is 28.4 Å². The molecule has 3 aromatic heterocycles. The van der Waals surface area contributed by atoms with Crippen LogP contribution in [0.1, 0.15) is 42.7 Å². The van der Waals surface area contributed by atoms with Crippen molar-refractivity contribution in [2.24, 2.45) is 5.92 Å². The summed E-state index contributed by atoms with van der Waals surface area (Å²) in [7, 11) is 0. The molecule has 0 amide bonds. The number of ether oxygens (including phenoxy) is 1. The molecule has 1 atom stereocenters. The van der Waals surface area contributed by atoms with Gasteiger partial charge in [-0.3, -0.25) is 4.68 Å². The Labute approximate surface area is 191 Å². The highest BCUT2D eigenvalue weighted by Gasteiger charge is 2.27. The van der Waals surface area contributed by atoms with Crippen LogP contribution in [0.3, 0.4) is 0 Å². The average molecular weight is 445 g/mol. The molecular formula is C25H25FN6O. The molecule has 7 nitrogen and oxygen atoms in total. The van der Waals surface area contributed by atoms with Gasteiger partial charge in [0, 0.05) is 41.2 Å². The van der Waals surface area contributed by atoms with Crippen LogP contribution >= 0.6 is 0 Å². The van der Waals surface area contributed by atoms with Crippen molar-refractivity contribution in [3.05, 3.63) is 65.5 Å². The second-order valence-corrected chi connectivity index (χ2v) is 9.08. The van der Waals surface area contributed by atoms with Crippen molar-refractivity contribution in [1.29, 1.82) is 0 Å². The molecule has 4 heterocycles. The van der Waals surface area contributed by atoms with Crippen LogP contribution in [0, 0.1) is 18.7 Å². The van der Waals surface area contributed by atoms with Gasteiger partial charge in [0.25, 0.3) is 0 Å². The Hall–Kier alpha value is -3.68. The van der Waals surface area contributed by atoms with E-state index in [9.17, 15) is 4.39 Å². The number of imidazole rings is 1. The third-order valence-electron chi connectivity index (χ3n) is 6.43. The first-order valence-corrected chi connectivity index (χ1v) is 11.3. The molecule has 168 valence electrons. The Morgan fingerprint density at radius 2 is 2.06 bits per heavy atom. The Balaban J connectivity index is 1.60. The highest BCUT2D eigenvalue weighted by Crippen LogP contribution is 2.38. The van der Waals surface area contributed by atoms with Gasteiger partial charge in [-0.1, -0.05) is 0 Å². The molecule has 0 spiro atoms. The summed E-state index contributed by atoms with van der Waals surface area (Å²) in [4.78, 5) is 9.21. The molecule has 2 aliphatic rings. The lowest BCUT2D eigenvalue weighted by Crippen LogP contribution is -2.12. The van der Waals surface area contributed by atoms with Gasteiger partial charge in [0.15, 0.2) is 11.6 Å². The third-order valence-corrected chi connectivity index (χ3v) is 6.43. The predicted molar refractivity (Wildman–Crippen MR) is 123 cm³/mol. The number of benzene rings is 1. The molecule has 1 aromatic carbocycles. The Morgan fingerprint density at radius 1 is 1.21 bits per heavy atom. The first-order valence-electron chi connectivity index (χ1n) is 11.3. The van der Waals surface area contributed by atoms with Crippen LogP contribution in [0.4, 0.5) is 10.2 Å². The van der Waals surface area contributed by atoms with Crippen LogP contribution in [-0.2, 0) is 13.1 Å². The van der Waals surface area contributed by atoms with Crippen molar-refractivity contribution in [3.63, 3.8) is 0 Å². The van der Waals surface area contributed by atoms with Crippen LogP contribution in [0.25, 0.3) is 22.6 Å². The van der Waals surface area contributed by atoms with Gasteiger partial charge in [-0.2, -0.15) is 5.10 Å². The molecule has 0 radical (unpaired) electrons. The number of nitrogens with zero attached hydrogens (tertiary/aromatic N) is 5. The molecule has 1 aliphatic carbocycles. The van der Waals surface area contributed by atoms with Gasteiger partial charge in [-0.05, 0) is 56.9 Å². The summed E-state index contributed by atoms with van der Waals surface area (Å²) in [6, 6.07) is 6.65. The first kappa shape index (κ1) is 20.0. The topological polar surface area (TPSA) is 83.8 Å². The minimum Gasteiger partial charge on any atom is -0.482 e. The van der Waals surface area contributed by atoms with E-state index in [1.54, 1.807) is 12.3 Å². The van der Waals surface area contributed by atoms with Gasteiger partial charge in [0.2, 0.25) is 0 Å². The number of pyridine rings is 1. The Bertz CT molecular complexity index is 1370. The fourth-order valence-electron chi connectivity index (χ4n) is 4.63. The maximum Gasteiger partial charge on any atom is 0.166 e. The van der Waals surface area contributed by atoms with E-state index in [1.165, 1.54) is 25.0 Å². The van der Waals surface area contributed by atoms with Crippen LogP contribution < -0.4 is 10.5 Å². The summed E-state index contributed by atoms with van der Waals surface area (Å²) in [5.74, 6) is 1.89. The number of halogens is 1. The summed E-state index contributed by atoms with van der Waals surface area (Å²) in [6.07, 6.45) is 7.73. The zero-order valence-electron chi connectivity index (χ0n) is 18.6. The predicted octanol–water partition coefficient (Wildman–Crippen LogP) is 4.75. The van der Waals surface area contributed by atoms with E-state index >= 15 is 0 Å². The minimum absolute atomic E-state index is 0.299. The molecule has 2 N–H and O–H groups in total. The quantitative estimate of drug-likeness (QED) is 0.482. The highest BCUT2D eigenvalue weighted by molar-refractivity contribution is 5.68. The molecule has 1 fully saturated rings. The molecule has 1 unspecified atom stereocenters. The number of fused-ring (bicyclic) bond motifs is 7. The number of rotatable bonds is 2. The number of aromatic nitrogens is 5. The van der Waals surface area contributed by atoms with Gasteiger partial charge >= 0.3 is 0 Å². The van der Waals surface area contributed by atoms with Crippen LogP contribution in [-0.4, -0.2) is 24.3 Å². The number of nitrogens with two attached hydrogens (primary N) is 1. The monoisotopic (exact) mass is 444 g/mol. The van der Waals surface area contributed by atoms with Gasteiger partial charge < -0.3 is 15.0 Å². The van der Waals surface area contributed by atoms with Crippen molar-refractivity contribution in [2.45, 2.75) is 45.9 Å². The summed E-state index contributed by atoms with van der Waals surface area (Å²) in [5.41, 5.74) is 11.6. The lowest BCUT2D eigenvalue weighted by Gasteiger charge is -2.21. The van der Waals surface area contributed by atoms with Crippen molar-refractivity contribution in [1.82, 2.24) is 24.3 Å². The molecule has 6 rings (SSSR count). The van der Waals surface area contributed by atoms with Crippen molar-refractivity contribution >= 4 is 5.82 Å². The van der Waals surface area contributed by atoms with Crippen LogP contribution in [0.5, 0.6) is 5.75 Å². The zero-order chi connectivity index (χ0) is 22.7. The Morgan fingerprint density at radius 3 is 2.88 bits per heavy atom. The summed E-state index contributed by atoms with van der Waals surface area (Å²) >= 11 is 0. The summed E-state index contributed by atoms with van der Waals surface area (Å²) in [6.45, 7) is 5.32. The maximum absolute atomic E-state index is 14.3. The first-order chi connectivity index (χ1) is 16.0. The number of hydrogen-bond acceptors (Lipinski definition) is 5. The normalized spacial score (nSPS) is 17.2. The molecule has 33 heavy (non-hydrogen) atoms. The van der Waals surface area contributed by atoms with Crippen molar-refractivity contribution < 1.29 is 9.13 Å². The maximum atomic E-state index is 14.3. The SMILES string of the molecule is Cc1cn2c(n1)-c1ccc(F)cc1C(C)Oc1cc(cnc1N)-c1c(cnn1CC1CC1)C2. The van der Waals surface area contributed by atoms with Gasteiger partial charge in [0.1, 0.15) is 17.7 Å². The Kier molecular flexibility index (Phi) is 4.50. The van der Waals surface area contributed by atoms with Crippen molar-refractivity contribution in [2.75, 3.05) is 5.73 Å². The van der Waals surface area contributed by atoms with E-state index in [1.807, 2.05) is 32.3 Å². The van der Waals surface area contributed by atoms with Crippen LogP contribution in [0.2, 0.25) is 0 Å². The lowest BCUT2D eigenvalue weighted by atomic mass is 10.0. The number of nitrogen functional groups attached to an aromatic ring is 1. The van der Waals surface area contributed by atoms with Gasteiger partial charge in [-0.15, -0.1) is 0 Å². The van der Waals surface area contributed by atoms with E-state index < -0.39 is 6.10 Å². The number of anilines is 1. The highest BCUT2D eigenvalue weighted by atomic mass is 19.1. The summed E-state index contributed by atoms with van der Waals surface area (Å²) < 4.78 is 24.7. The van der Waals surface area contributed by atoms with Gasteiger partial charge in [0.05, 0.1) is 24.1 Å². The van der Waals surface area contributed by atoms with E-state index in [0.29, 0.717) is 29.6 Å². The molecule has 8 heteroatoms. The van der Waals surface area contributed by atoms with E-state index in [0.717, 1.165) is 40.4 Å². The van der Waals surface area contributed by atoms with E-state index in [2.05, 4.69) is 14.2 Å². The molecule has 1 saturated carbocycles. The second-order valence-electron chi connectivity index (χ2n) is 9.08. The smallest absolute Gasteiger partial charge is 0.166 e. The molecule has 4 aromatic rings. The van der Waals surface area contributed by atoms with Crippen LogP contribution in [0.15, 0.2) is 42.9 Å². The molecular weight excluding hydrogens is 419 g/mol.